The van der Waals surface area contributed by atoms with E-state index >= 15 is 0 Å². The zero-order valence-electron chi connectivity index (χ0n) is 17.2. The van der Waals surface area contributed by atoms with Crippen molar-refractivity contribution in [3.05, 3.63) is 46.5 Å². The number of benzene rings is 1. The number of nitrogens with zero attached hydrogens (tertiary/aromatic N) is 4. The van der Waals surface area contributed by atoms with E-state index in [-0.39, 0.29) is 11.6 Å². The summed E-state index contributed by atoms with van der Waals surface area (Å²) in [4.78, 5) is 26.0. The molecule has 0 saturated heterocycles. The Bertz CT molecular complexity index is 935. The zero-order valence-corrected chi connectivity index (χ0v) is 17.2. The van der Waals surface area contributed by atoms with Gasteiger partial charge in [-0.05, 0) is 45.4 Å². The molecule has 1 aliphatic heterocycles. The third-order valence-electron chi connectivity index (χ3n) is 4.72. The largest absolute Gasteiger partial charge is 0.465 e. The minimum Gasteiger partial charge on any atom is -0.465 e. The molecule has 0 aliphatic carbocycles. The van der Waals surface area contributed by atoms with Crippen molar-refractivity contribution in [2.45, 2.75) is 52.3 Å². The van der Waals surface area contributed by atoms with Gasteiger partial charge in [0.2, 0.25) is 0 Å². The Hall–Kier alpha value is -2.97. The van der Waals surface area contributed by atoms with Crippen LogP contribution in [-0.2, 0) is 22.4 Å². The highest BCUT2D eigenvalue weighted by Crippen LogP contribution is 2.27. The van der Waals surface area contributed by atoms with E-state index in [1.807, 2.05) is 27.7 Å². The molecule has 0 saturated carbocycles. The van der Waals surface area contributed by atoms with E-state index in [9.17, 15) is 14.0 Å². The summed E-state index contributed by atoms with van der Waals surface area (Å²) < 4.78 is 25.6. The normalized spacial score (nSPS) is 14.9. The van der Waals surface area contributed by atoms with Crippen LogP contribution in [0.2, 0.25) is 0 Å². The van der Waals surface area contributed by atoms with Gasteiger partial charge in [0.05, 0.1) is 31.0 Å². The van der Waals surface area contributed by atoms with E-state index in [4.69, 9.17) is 9.47 Å². The number of hydrogen-bond donors (Lipinski definition) is 0. The Morgan fingerprint density at radius 2 is 2.00 bits per heavy atom. The first-order valence-corrected chi connectivity index (χ1v) is 9.39. The lowest BCUT2D eigenvalue weighted by Gasteiger charge is -2.30. The van der Waals surface area contributed by atoms with E-state index in [1.54, 1.807) is 15.6 Å². The van der Waals surface area contributed by atoms with Crippen LogP contribution in [0, 0.1) is 5.82 Å². The molecule has 0 fully saturated rings. The van der Waals surface area contributed by atoms with Gasteiger partial charge < -0.3 is 14.4 Å². The van der Waals surface area contributed by atoms with Gasteiger partial charge >= 0.3 is 12.1 Å². The second-order valence-corrected chi connectivity index (χ2v) is 7.98. The Kier molecular flexibility index (Phi) is 5.59. The van der Waals surface area contributed by atoms with Crippen LogP contribution in [0.1, 0.15) is 61.0 Å². The monoisotopic (exact) mass is 404 g/mol. The second-order valence-electron chi connectivity index (χ2n) is 7.98. The van der Waals surface area contributed by atoms with E-state index in [0.717, 1.165) is 11.8 Å². The van der Waals surface area contributed by atoms with Crippen LogP contribution >= 0.6 is 0 Å². The van der Waals surface area contributed by atoms with Gasteiger partial charge in [-0.1, -0.05) is 11.3 Å². The molecule has 0 bridgehead atoms. The van der Waals surface area contributed by atoms with Crippen LogP contribution in [0.15, 0.2) is 18.2 Å². The average Bonchev–Trinajstić information content (AvgIpc) is 3.08. The number of hydrogen-bond acceptors (Lipinski definition) is 6. The SMILES string of the molecule is COC(=O)c1cc(F)ccc1C(C)n1nnc2c1CCN(C(=O)OC(C)(C)C)C2. The van der Waals surface area contributed by atoms with Gasteiger partial charge in [-0.2, -0.15) is 0 Å². The maximum absolute atomic E-state index is 13.7. The molecular weight excluding hydrogens is 379 g/mol. The average molecular weight is 404 g/mol. The van der Waals surface area contributed by atoms with Crippen molar-refractivity contribution >= 4 is 12.1 Å². The van der Waals surface area contributed by atoms with Crippen LogP contribution in [-0.4, -0.2) is 51.2 Å². The molecule has 0 radical (unpaired) electrons. The summed E-state index contributed by atoms with van der Waals surface area (Å²) in [6.45, 7) is 8.08. The number of methoxy groups -OCH3 is 1. The first-order chi connectivity index (χ1) is 13.6. The summed E-state index contributed by atoms with van der Waals surface area (Å²) in [5.41, 5.74) is 1.71. The fraction of sp³-hybridized carbons (Fsp3) is 0.500. The quantitative estimate of drug-likeness (QED) is 0.731. The zero-order chi connectivity index (χ0) is 21.3. The molecular formula is C20H25FN4O4. The lowest BCUT2D eigenvalue weighted by molar-refractivity contribution is 0.0219. The number of aromatic nitrogens is 3. The molecule has 1 aliphatic rings. The van der Waals surface area contributed by atoms with Crippen LogP contribution in [0.4, 0.5) is 9.18 Å². The summed E-state index contributed by atoms with van der Waals surface area (Å²) in [5, 5.41) is 8.45. The molecule has 0 N–H and O–H groups in total. The first kappa shape index (κ1) is 20.8. The van der Waals surface area contributed by atoms with E-state index in [2.05, 4.69) is 10.3 Å². The standard InChI is InChI=1S/C20H25FN4O4/c1-12(14-7-6-13(21)10-15(14)18(26)28-5)25-17-8-9-24(11-16(17)22-23-25)19(27)29-20(2,3)4/h6-7,10,12H,8-9,11H2,1-5H3. The Labute approximate surface area is 168 Å². The van der Waals surface area contributed by atoms with Crippen LogP contribution in [0.3, 0.4) is 0 Å². The van der Waals surface area contributed by atoms with Gasteiger partial charge in [-0.15, -0.1) is 5.10 Å². The summed E-state index contributed by atoms with van der Waals surface area (Å²) in [6, 6.07) is 3.64. The predicted molar refractivity (Wildman–Crippen MR) is 102 cm³/mol. The van der Waals surface area contributed by atoms with Gasteiger partial charge in [0.15, 0.2) is 0 Å². The highest BCUT2D eigenvalue weighted by atomic mass is 19.1. The Morgan fingerprint density at radius 3 is 2.66 bits per heavy atom. The van der Waals surface area contributed by atoms with Crippen LogP contribution < -0.4 is 0 Å². The van der Waals surface area contributed by atoms with E-state index in [1.165, 1.54) is 13.2 Å². The van der Waals surface area contributed by atoms with Gasteiger partial charge in [0.25, 0.3) is 0 Å². The fourth-order valence-corrected chi connectivity index (χ4v) is 3.33. The molecule has 1 unspecified atom stereocenters. The minimum absolute atomic E-state index is 0.149. The van der Waals surface area contributed by atoms with Crippen molar-refractivity contribution in [3.63, 3.8) is 0 Å². The second kappa shape index (κ2) is 7.81. The smallest absolute Gasteiger partial charge is 0.410 e. The van der Waals surface area contributed by atoms with E-state index < -0.39 is 23.5 Å². The topological polar surface area (TPSA) is 86.6 Å². The molecule has 9 heteroatoms. The molecule has 2 aromatic rings. The highest BCUT2D eigenvalue weighted by molar-refractivity contribution is 5.91. The molecule has 156 valence electrons. The predicted octanol–water partition coefficient (Wildman–Crippen LogP) is 3.11. The molecule has 2 heterocycles. The number of esters is 1. The van der Waals surface area contributed by atoms with Gasteiger partial charge in [0.1, 0.15) is 17.1 Å². The Balaban J connectivity index is 1.86. The summed E-state index contributed by atoms with van der Waals surface area (Å²) in [5.74, 6) is -1.13. The summed E-state index contributed by atoms with van der Waals surface area (Å²) in [7, 11) is 1.25. The van der Waals surface area contributed by atoms with Crippen molar-refractivity contribution in [3.8, 4) is 0 Å². The summed E-state index contributed by atoms with van der Waals surface area (Å²) >= 11 is 0. The number of carbonyl (C=O) groups excluding carboxylic acids is 2. The van der Waals surface area contributed by atoms with Crippen LogP contribution in [0.25, 0.3) is 0 Å². The van der Waals surface area contributed by atoms with E-state index in [0.29, 0.717) is 30.8 Å². The molecule has 1 amide bonds. The fourth-order valence-electron chi connectivity index (χ4n) is 3.33. The highest BCUT2D eigenvalue weighted by Gasteiger charge is 2.30. The van der Waals surface area contributed by atoms with Crippen molar-refractivity contribution in [2.75, 3.05) is 13.7 Å². The van der Waals surface area contributed by atoms with Crippen molar-refractivity contribution in [1.82, 2.24) is 19.9 Å². The number of fused-ring (bicyclic) bond motifs is 1. The molecule has 1 aromatic heterocycles. The number of carbonyl (C=O) groups is 2. The lowest BCUT2D eigenvalue weighted by atomic mass is 10.0. The number of amides is 1. The number of halogens is 1. The van der Waals surface area contributed by atoms with Gasteiger partial charge in [0, 0.05) is 13.0 Å². The first-order valence-electron chi connectivity index (χ1n) is 9.39. The number of rotatable bonds is 3. The van der Waals surface area contributed by atoms with Gasteiger partial charge in [-0.3, -0.25) is 0 Å². The van der Waals surface area contributed by atoms with Crippen molar-refractivity contribution < 1.29 is 23.5 Å². The maximum Gasteiger partial charge on any atom is 0.410 e. The molecule has 1 aromatic carbocycles. The third kappa shape index (κ3) is 4.38. The number of ether oxygens (including phenoxy) is 2. The van der Waals surface area contributed by atoms with Gasteiger partial charge in [-0.25, -0.2) is 18.7 Å². The summed E-state index contributed by atoms with van der Waals surface area (Å²) in [6.07, 6.45) is 0.151. The molecule has 29 heavy (non-hydrogen) atoms. The minimum atomic E-state index is -0.614. The molecule has 8 nitrogen and oxygen atoms in total. The Morgan fingerprint density at radius 1 is 1.28 bits per heavy atom. The molecule has 3 rings (SSSR count). The third-order valence-corrected chi connectivity index (χ3v) is 4.72. The molecule has 0 spiro atoms. The van der Waals surface area contributed by atoms with Crippen LogP contribution in [0.5, 0.6) is 0 Å². The van der Waals surface area contributed by atoms with Crippen molar-refractivity contribution in [2.24, 2.45) is 0 Å². The van der Waals surface area contributed by atoms with Crippen molar-refractivity contribution in [1.29, 1.82) is 0 Å². The maximum atomic E-state index is 13.7. The lowest BCUT2D eigenvalue weighted by Crippen LogP contribution is -2.40. The molecule has 1 atom stereocenters.